The standard InChI is InChI=1S/C20H18ClN3O3S/c1-12-7-13(2)9-14(8-12)20(25)22-19-17-10-28(26,27)11-18(17)23-24(19)16-5-3-15(21)4-6-16/h3-9H,10-11H2,1-2H3,(H,22,25). The van der Waals surface area contributed by atoms with Crippen molar-refractivity contribution < 1.29 is 13.2 Å². The zero-order valence-electron chi connectivity index (χ0n) is 15.4. The topological polar surface area (TPSA) is 81.1 Å². The van der Waals surface area contributed by atoms with E-state index >= 15 is 0 Å². The molecule has 1 aliphatic heterocycles. The van der Waals surface area contributed by atoms with Crippen LogP contribution in [-0.4, -0.2) is 24.1 Å². The number of aryl methyl sites for hydroxylation is 2. The SMILES string of the molecule is Cc1cc(C)cc(C(=O)Nc2c3c(nn2-c2ccc(Cl)cc2)CS(=O)(=O)C3)c1. The first kappa shape index (κ1) is 18.7. The summed E-state index contributed by atoms with van der Waals surface area (Å²) in [6.45, 7) is 3.85. The predicted molar refractivity (Wildman–Crippen MR) is 109 cm³/mol. The van der Waals surface area contributed by atoms with Crippen LogP contribution in [0.4, 0.5) is 5.82 Å². The number of halogens is 1. The number of rotatable bonds is 3. The maximum Gasteiger partial charge on any atom is 0.256 e. The van der Waals surface area contributed by atoms with E-state index in [0.29, 0.717) is 33.3 Å². The summed E-state index contributed by atoms with van der Waals surface area (Å²) in [5, 5.41) is 7.90. The van der Waals surface area contributed by atoms with Gasteiger partial charge in [0.05, 0.1) is 22.9 Å². The van der Waals surface area contributed by atoms with Gasteiger partial charge >= 0.3 is 0 Å². The molecule has 0 unspecified atom stereocenters. The number of nitrogens with one attached hydrogen (secondary N) is 1. The number of amides is 1. The molecule has 0 saturated carbocycles. The maximum atomic E-state index is 12.9. The number of sulfone groups is 1. The summed E-state index contributed by atoms with van der Waals surface area (Å²) in [6.07, 6.45) is 0. The summed E-state index contributed by atoms with van der Waals surface area (Å²) < 4.78 is 25.7. The lowest BCUT2D eigenvalue weighted by Crippen LogP contribution is -2.17. The minimum absolute atomic E-state index is 0.130. The van der Waals surface area contributed by atoms with E-state index in [9.17, 15) is 13.2 Å². The van der Waals surface area contributed by atoms with Gasteiger partial charge in [-0.2, -0.15) is 5.10 Å². The highest BCUT2D eigenvalue weighted by molar-refractivity contribution is 7.90. The zero-order valence-corrected chi connectivity index (χ0v) is 16.9. The number of carbonyl (C=O) groups excluding carboxylic acids is 1. The molecule has 0 fully saturated rings. The van der Waals surface area contributed by atoms with Crippen LogP contribution in [0.25, 0.3) is 5.69 Å². The number of hydrogen-bond donors (Lipinski definition) is 1. The Morgan fingerprint density at radius 2 is 1.71 bits per heavy atom. The van der Waals surface area contributed by atoms with Gasteiger partial charge in [0, 0.05) is 16.1 Å². The van der Waals surface area contributed by atoms with Gasteiger partial charge in [-0.15, -0.1) is 0 Å². The van der Waals surface area contributed by atoms with Gasteiger partial charge in [-0.05, 0) is 50.2 Å². The molecule has 0 atom stereocenters. The van der Waals surface area contributed by atoms with Crippen LogP contribution in [0.3, 0.4) is 0 Å². The maximum absolute atomic E-state index is 12.9. The van der Waals surface area contributed by atoms with E-state index in [4.69, 9.17) is 11.6 Å². The van der Waals surface area contributed by atoms with E-state index in [0.717, 1.165) is 11.1 Å². The summed E-state index contributed by atoms with van der Waals surface area (Å²) >= 11 is 5.97. The van der Waals surface area contributed by atoms with Crippen LogP contribution in [0.5, 0.6) is 0 Å². The van der Waals surface area contributed by atoms with Crippen molar-refractivity contribution in [1.29, 1.82) is 0 Å². The van der Waals surface area contributed by atoms with Gasteiger partial charge < -0.3 is 5.32 Å². The highest BCUT2D eigenvalue weighted by atomic mass is 35.5. The van der Waals surface area contributed by atoms with Gasteiger partial charge in [0.2, 0.25) is 0 Å². The van der Waals surface area contributed by atoms with Crippen LogP contribution in [-0.2, 0) is 21.3 Å². The van der Waals surface area contributed by atoms with Crippen LogP contribution in [0.15, 0.2) is 42.5 Å². The fraction of sp³-hybridized carbons (Fsp3) is 0.200. The lowest BCUT2D eigenvalue weighted by molar-refractivity contribution is 0.102. The van der Waals surface area contributed by atoms with Crippen molar-refractivity contribution in [2.24, 2.45) is 0 Å². The molecule has 6 nitrogen and oxygen atoms in total. The zero-order chi connectivity index (χ0) is 20.1. The first-order valence-corrected chi connectivity index (χ1v) is 10.9. The quantitative estimate of drug-likeness (QED) is 0.705. The monoisotopic (exact) mass is 415 g/mol. The van der Waals surface area contributed by atoms with Crippen LogP contribution in [0.1, 0.15) is 32.7 Å². The largest absolute Gasteiger partial charge is 0.306 e. The predicted octanol–water partition coefficient (Wildman–Crippen LogP) is 3.82. The second-order valence-corrected chi connectivity index (χ2v) is 9.53. The summed E-state index contributed by atoms with van der Waals surface area (Å²) in [5.41, 5.74) is 4.15. The van der Waals surface area contributed by atoms with Crippen LogP contribution in [0, 0.1) is 13.8 Å². The molecule has 3 aromatic rings. The summed E-state index contributed by atoms with van der Waals surface area (Å²) in [5.74, 6) is -0.204. The van der Waals surface area contributed by atoms with Crippen molar-refractivity contribution >= 4 is 33.2 Å². The molecule has 0 radical (unpaired) electrons. The third-order valence-corrected chi connectivity index (χ3v) is 6.27. The second kappa shape index (κ2) is 6.76. The van der Waals surface area contributed by atoms with Crippen LogP contribution >= 0.6 is 11.6 Å². The fourth-order valence-corrected chi connectivity index (χ4v) is 5.05. The molecule has 8 heteroatoms. The molecule has 2 aromatic carbocycles. The lowest BCUT2D eigenvalue weighted by atomic mass is 10.1. The Kier molecular flexibility index (Phi) is 4.51. The Morgan fingerprint density at radius 1 is 1.07 bits per heavy atom. The lowest BCUT2D eigenvalue weighted by Gasteiger charge is -2.12. The number of carbonyl (C=O) groups is 1. The smallest absolute Gasteiger partial charge is 0.256 e. The van der Waals surface area contributed by atoms with Crippen LogP contribution in [0.2, 0.25) is 5.02 Å². The molecule has 1 aromatic heterocycles. The first-order chi connectivity index (χ1) is 13.2. The molecule has 4 rings (SSSR count). The molecular formula is C20H18ClN3O3S. The van der Waals surface area contributed by atoms with E-state index in [-0.39, 0.29) is 17.4 Å². The normalized spacial score (nSPS) is 14.7. The Hall–Kier alpha value is -2.64. The average molecular weight is 416 g/mol. The number of anilines is 1. The number of benzene rings is 2. The molecule has 1 amide bonds. The first-order valence-electron chi connectivity index (χ1n) is 8.69. The minimum atomic E-state index is -3.25. The Labute approximate surface area is 168 Å². The van der Waals surface area contributed by atoms with Gasteiger partial charge in [0.1, 0.15) is 5.82 Å². The van der Waals surface area contributed by atoms with Gasteiger partial charge in [-0.3, -0.25) is 4.79 Å². The highest BCUT2D eigenvalue weighted by Crippen LogP contribution is 2.33. The fourth-order valence-electron chi connectivity index (χ4n) is 3.43. The van der Waals surface area contributed by atoms with Crippen molar-refractivity contribution in [2.45, 2.75) is 25.4 Å². The molecule has 0 spiro atoms. The van der Waals surface area contributed by atoms with Gasteiger partial charge in [0.15, 0.2) is 9.84 Å². The number of aromatic nitrogens is 2. The molecule has 0 aliphatic carbocycles. The van der Waals surface area contributed by atoms with E-state index in [1.54, 1.807) is 41.1 Å². The number of nitrogens with zero attached hydrogens (tertiary/aromatic N) is 2. The van der Waals surface area contributed by atoms with Gasteiger partial charge in [0.25, 0.3) is 5.91 Å². The third-order valence-electron chi connectivity index (χ3n) is 4.57. The number of fused-ring (bicyclic) bond motifs is 1. The van der Waals surface area contributed by atoms with Crippen molar-refractivity contribution in [3.63, 3.8) is 0 Å². The van der Waals surface area contributed by atoms with E-state index in [1.807, 2.05) is 19.9 Å². The number of hydrogen-bond acceptors (Lipinski definition) is 4. The van der Waals surface area contributed by atoms with Crippen molar-refractivity contribution in [2.75, 3.05) is 5.32 Å². The molecule has 2 heterocycles. The second-order valence-electron chi connectivity index (χ2n) is 7.02. The highest BCUT2D eigenvalue weighted by Gasteiger charge is 2.33. The molecular weight excluding hydrogens is 398 g/mol. The summed E-state index contributed by atoms with van der Waals surface area (Å²) in [7, 11) is -3.25. The Morgan fingerprint density at radius 3 is 2.36 bits per heavy atom. The van der Waals surface area contributed by atoms with Gasteiger partial charge in [-0.1, -0.05) is 28.8 Å². The molecule has 0 saturated heterocycles. The third kappa shape index (κ3) is 3.55. The molecule has 0 bridgehead atoms. The molecule has 28 heavy (non-hydrogen) atoms. The molecule has 144 valence electrons. The molecule has 1 N–H and O–H groups in total. The Bertz CT molecular complexity index is 1180. The van der Waals surface area contributed by atoms with Gasteiger partial charge in [-0.25, -0.2) is 13.1 Å². The van der Waals surface area contributed by atoms with Crippen molar-refractivity contribution in [3.8, 4) is 5.69 Å². The summed E-state index contributed by atoms with van der Waals surface area (Å²) in [6, 6.07) is 12.5. The van der Waals surface area contributed by atoms with E-state index < -0.39 is 9.84 Å². The van der Waals surface area contributed by atoms with Crippen molar-refractivity contribution in [1.82, 2.24) is 9.78 Å². The Balaban J connectivity index is 1.78. The minimum Gasteiger partial charge on any atom is -0.306 e. The van der Waals surface area contributed by atoms with E-state index in [1.165, 1.54) is 0 Å². The average Bonchev–Trinajstić information content (AvgIpc) is 3.07. The summed E-state index contributed by atoms with van der Waals surface area (Å²) in [4.78, 5) is 12.9. The molecule has 1 aliphatic rings. The van der Waals surface area contributed by atoms with Crippen molar-refractivity contribution in [3.05, 3.63) is 75.4 Å². The van der Waals surface area contributed by atoms with Crippen LogP contribution < -0.4 is 5.32 Å². The van der Waals surface area contributed by atoms with E-state index in [2.05, 4.69) is 10.4 Å².